The molecule has 9 nitrogen and oxygen atoms in total. The first-order chi connectivity index (χ1) is 10.0. The van der Waals surface area contributed by atoms with Crippen LogP contribution in [0.2, 0.25) is 0 Å². The highest BCUT2D eigenvalue weighted by Crippen LogP contribution is 2.08. The molecule has 0 unspecified atom stereocenters. The molecule has 0 spiro atoms. The van der Waals surface area contributed by atoms with Gasteiger partial charge in [0.25, 0.3) is 5.91 Å². The predicted octanol–water partition coefficient (Wildman–Crippen LogP) is -2.28. The number of carbonyl (C=O) groups is 3. The zero-order valence-corrected chi connectivity index (χ0v) is 11.6. The summed E-state index contributed by atoms with van der Waals surface area (Å²) in [6, 6.07) is -1.42. The van der Waals surface area contributed by atoms with Gasteiger partial charge in [-0.15, -0.1) is 0 Å². The van der Waals surface area contributed by atoms with Crippen LogP contribution in [-0.2, 0) is 27.9 Å². The molecule has 0 aromatic carbocycles. The first-order valence-corrected chi connectivity index (χ1v) is 6.56. The number of nitrogens with one attached hydrogen (secondary N) is 3. The fraction of sp³-hybridized carbons (Fsp3) is 0.500. The maximum atomic E-state index is 12.1. The highest BCUT2D eigenvalue weighted by Gasteiger charge is 2.30. The molecule has 9 heteroatoms. The normalized spacial score (nSPS) is 19.0. The summed E-state index contributed by atoms with van der Waals surface area (Å²) < 4.78 is 1.75. The number of rotatable bonds is 5. The number of aryl methyl sites for hydroxylation is 1. The molecule has 1 aromatic rings. The van der Waals surface area contributed by atoms with Gasteiger partial charge in [-0.05, 0) is 6.42 Å². The minimum absolute atomic E-state index is 0.165. The number of amides is 3. The quantitative estimate of drug-likeness (QED) is 0.276. The molecule has 3 amide bonds. The van der Waals surface area contributed by atoms with Gasteiger partial charge in [0.15, 0.2) is 0 Å². The van der Waals surface area contributed by atoms with E-state index in [1.807, 2.05) is 5.43 Å². The minimum atomic E-state index is -0.824. The summed E-state index contributed by atoms with van der Waals surface area (Å²) >= 11 is 0. The monoisotopic (exact) mass is 294 g/mol. The van der Waals surface area contributed by atoms with E-state index >= 15 is 0 Å². The number of hydrazine groups is 1. The van der Waals surface area contributed by atoms with Crippen LogP contribution in [-0.4, -0.2) is 39.4 Å². The molecule has 0 saturated carbocycles. The molecule has 0 aliphatic carbocycles. The largest absolute Gasteiger partial charge is 0.344 e. The third-order valence-electron chi connectivity index (χ3n) is 3.42. The molecule has 1 fully saturated rings. The number of carbonyl (C=O) groups excluding carboxylic acids is 3. The molecule has 5 N–H and O–H groups in total. The molecule has 1 saturated heterocycles. The van der Waals surface area contributed by atoms with Crippen molar-refractivity contribution < 1.29 is 14.4 Å². The summed E-state index contributed by atoms with van der Waals surface area (Å²) in [6.07, 6.45) is 4.21. The fourth-order valence-electron chi connectivity index (χ4n) is 2.18. The lowest BCUT2D eigenvalue weighted by molar-refractivity contribution is -0.130. The Bertz CT molecular complexity index is 555. The van der Waals surface area contributed by atoms with Crippen molar-refractivity contribution >= 4 is 17.7 Å². The number of aromatic nitrogens is 2. The molecular formula is C12H18N6O3. The van der Waals surface area contributed by atoms with Crippen LogP contribution in [0.4, 0.5) is 0 Å². The lowest BCUT2D eigenvalue weighted by atomic mass is 10.1. The van der Waals surface area contributed by atoms with E-state index in [-0.39, 0.29) is 12.3 Å². The van der Waals surface area contributed by atoms with Crippen LogP contribution in [0.25, 0.3) is 0 Å². The molecule has 21 heavy (non-hydrogen) atoms. The molecule has 1 aliphatic rings. The van der Waals surface area contributed by atoms with Gasteiger partial charge in [0.2, 0.25) is 11.8 Å². The van der Waals surface area contributed by atoms with Gasteiger partial charge < -0.3 is 15.2 Å². The van der Waals surface area contributed by atoms with E-state index in [2.05, 4.69) is 15.6 Å². The molecular weight excluding hydrogens is 276 g/mol. The van der Waals surface area contributed by atoms with E-state index in [1.165, 1.54) is 0 Å². The summed E-state index contributed by atoms with van der Waals surface area (Å²) in [5.41, 5.74) is 2.81. The lowest BCUT2D eigenvalue weighted by Gasteiger charge is -2.19. The second-order valence-electron chi connectivity index (χ2n) is 4.93. The van der Waals surface area contributed by atoms with E-state index in [9.17, 15) is 14.4 Å². The molecule has 1 aliphatic heterocycles. The van der Waals surface area contributed by atoms with Gasteiger partial charge in [-0.1, -0.05) is 0 Å². The Labute approximate surface area is 121 Å². The van der Waals surface area contributed by atoms with Gasteiger partial charge in [0.1, 0.15) is 12.1 Å². The zero-order valence-electron chi connectivity index (χ0n) is 11.6. The van der Waals surface area contributed by atoms with Crippen molar-refractivity contribution in [3.63, 3.8) is 0 Å². The molecule has 2 heterocycles. The highest BCUT2D eigenvalue weighted by atomic mass is 16.2. The first kappa shape index (κ1) is 15.0. The van der Waals surface area contributed by atoms with Crippen molar-refractivity contribution in [3.05, 3.63) is 18.2 Å². The minimum Gasteiger partial charge on any atom is -0.344 e. The van der Waals surface area contributed by atoms with Crippen LogP contribution in [0.15, 0.2) is 12.5 Å². The Morgan fingerprint density at radius 3 is 2.90 bits per heavy atom. The number of imidazole rings is 1. The standard InChI is InChI=1S/C12H18N6O3/c1-18-6-14-5-7(18)4-9(12(21)17-13)16-11(20)8-2-3-10(19)15-8/h5-6,8-9H,2-4,13H2,1H3,(H,15,19)(H,16,20)(H,17,21)/t8-,9-/m0/s1. The molecule has 1 aromatic heterocycles. The van der Waals surface area contributed by atoms with Crippen molar-refractivity contribution in [2.75, 3.05) is 0 Å². The second kappa shape index (κ2) is 6.35. The third kappa shape index (κ3) is 3.57. The van der Waals surface area contributed by atoms with E-state index < -0.39 is 23.9 Å². The predicted molar refractivity (Wildman–Crippen MR) is 72.3 cm³/mol. The summed E-state index contributed by atoms with van der Waals surface area (Å²) in [4.78, 5) is 39.0. The van der Waals surface area contributed by atoms with Crippen molar-refractivity contribution in [1.82, 2.24) is 25.6 Å². The van der Waals surface area contributed by atoms with Crippen molar-refractivity contribution in [3.8, 4) is 0 Å². The van der Waals surface area contributed by atoms with E-state index in [4.69, 9.17) is 5.84 Å². The van der Waals surface area contributed by atoms with Crippen LogP contribution in [0.5, 0.6) is 0 Å². The van der Waals surface area contributed by atoms with E-state index in [0.717, 1.165) is 5.69 Å². The van der Waals surface area contributed by atoms with Crippen LogP contribution in [0.1, 0.15) is 18.5 Å². The summed E-state index contributed by atoms with van der Waals surface area (Å²) in [7, 11) is 1.79. The van der Waals surface area contributed by atoms with Gasteiger partial charge in [-0.25, -0.2) is 10.8 Å². The highest BCUT2D eigenvalue weighted by molar-refractivity contribution is 5.93. The lowest BCUT2D eigenvalue weighted by Crippen LogP contribution is -2.54. The number of nitrogens with two attached hydrogens (primary N) is 1. The maximum Gasteiger partial charge on any atom is 0.256 e. The summed E-state index contributed by atoms with van der Waals surface area (Å²) in [5, 5.41) is 5.16. The van der Waals surface area contributed by atoms with Crippen LogP contribution in [0, 0.1) is 0 Å². The van der Waals surface area contributed by atoms with E-state index in [0.29, 0.717) is 12.8 Å². The van der Waals surface area contributed by atoms with Gasteiger partial charge in [0.05, 0.1) is 6.33 Å². The molecule has 2 rings (SSSR count). The van der Waals surface area contributed by atoms with Gasteiger partial charge >= 0.3 is 0 Å². The average molecular weight is 294 g/mol. The number of nitrogens with zero attached hydrogens (tertiary/aromatic N) is 2. The number of hydrogen-bond acceptors (Lipinski definition) is 5. The van der Waals surface area contributed by atoms with Crippen molar-refractivity contribution in [2.24, 2.45) is 12.9 Å². The van der Waals surface area contributed by atoms with Crippen LogP contribution >= 0.6 is 0 Å². The number of hydrogen-bond donors (Lipinski definition) is 4. The second-order valence-corrected chi connectivity index (χ2v) is 4.93. The topological polar surface area (TPSA) is 131 Å². The maximum absolute atomic E-state index is 12.1. The summed E-state index contributed by atoms with van der Waals surface area (Å²) in [6.45, 7) is 0. The van der Waals surface area contributed by atoms with Crippen molar-refractivity contribution in [2.45, 2.75) is 31.3 Å². The Morgan fingerprint density at radius 1 is 1.62 bits per heavy atom. The first-order valence-electron chi connectivity index (χ1n) is 6.56. The molecule has 0 bridgehead atoms. The molecule has 114 valence electrons. The zero-order chi connectivity index (χ0) is 15.4. The Morgan fingerprint density at radius 2 is 2.38 bits per heavy atom. The fourth-order valence-corrected chi connectivity index (χ4v) is 2.18. The van der Waals surface area contributed by atoms with Gasteiger partial charge in [0, 0.05) is 31.8 Å². The summed E-state index contributed by atoms with van der Waals surface area (Å²) in [5.74, 6) is 4.09. The Kier molecular flexibility index (Phi) is 4.53. The third-order valence-corrected chi connectivity index (χ3v) is 3.42. The molecule has 0 radical (unpaired) electrons. The van der Waals surface area contributed by atoms with E-state index in [1.54, 1.807) is 24.1 Å². The van der Waals surface area contributed by atoms with Crippen molar-refractivity contribution in [1.29, 1.82) is 0 Å². The van der Waals surface area contributed by atoms with Crippen LogP contribution in [0.3, 0.4) is 0 Å². The van der Waals surface area contributed by atoms with Gasteiger partial charge in [-0.3, -0.25) is 19.8 Å². The van der Waals surface area contributed by atoms with Gasteiger partial charge in [-0.2, -0.15) is 0 Å². The smallest absolute Gasteiger partial charge is 0.256 e. The molecule has 2 atom stereocenters. The Hall–Kier alpha value is -2.42. The SMILES string of the molecule is Cn1cncc1C[C@H](NC(=O)[C@@H]1CCC(=O)N1)C(=O)NN. The van der Waals surface area contributed by atoms with Crippen LogP contribution < -0.4 is 21.9 Å². The Balaban J connectivity index is 2.03. The average Bonchev–Trinajstić information content (AvgIpc) is 3.06.